The molecule has 0 aliphatic heterocycles. The zero-order chi connectivity index (χ0) is 39.6. The lowest BCUT2D eigenvalue weighted by molar-refractivity contribution is 0.115. The van der Waals surface area contributed by atoms with Gasteiger partial charge in [-0.1, -0.05) is 117 Å². The number of aryl methyl sites for hydroxylation is 8. The molecule has 0 saturated heterocycles. The quantitative estimate of drug-likeness (QED) is 0.126. The molecule has 0 fully saturated rings. The van der Waals surface area contributed by atoms with E-state index in [1.807, 2.05) is 0 Å². The van der Waals surface area contributed by atoms with Gasteiger partial charge in [-0.05, 0) is 77.6 Å². The Morgan fingerprint density at radius 3 is 0.722 bits per heavy atom. The van der Waals surface area contributed by atoms with Crippen molar-refractivity contribution < 1.29 is 36.6 Å². The molecule has 0 aliphatic carbocycles. The van der Waals surface area contributed by atoms with Gasteiger partial charge >= 0.3 is 0 Å². The maximum Gasteiger partial charge on any atom is 0.146 e. The highest BCUT2D eigenvalue weighted by Gasteiger charge is 2.45. The fraction of sp³-hybridized carbons (Fsp3) is 0.217. The van der Waals surface area contributed by atoms with Crippen LogP contribution in [0.25, 0.3) is 11.1 Å². The molecule has 0 aliphatic rings. The maximum absolute atomic E-state index is 17.4. The number of rotatable bonds is 7. The Bertz CT molecular complexity index is 2130. The van der Waals surface area contributed by atoms with Crippen molar-refractivity contribution in [2.75, 3.05) is 0 Å². The van der Waals surface area contributed by atoms with E-state index in [1.165, 1.54) is 48.5 Å². The highest BCUT2D eigenvalue weighted by atomic mass is 19.2. The molecule has 0 atom stereocenters. The summed E-state index contributed by atoms with van der Waals surface area (Å²) in [4.78, 5) is 0. The van der Waals surface area contributed by atoms with Crippen LogP contribution in [-0.4, -0.2) is 10.2 Å². The van der Waals surface area contributed by atoms with Gasteiger partial charge < -0.3 is 10.2 Å². The molecule has 0 heterocycles. The second kappa shape index (κ2) is 13.9. The van der Waals surface area contributed by atoms with Crippen LogP contribution in [0.4, 0.5) is 26.3 Å². The molecule has 0 saturated carbocycles. The van der Waals surface area contributed by atoms with E-state index in [0.717, 1.165) is 0 Å². The first kappa shape index (κ1) is 38.5. The van der Waals surface area contributed by atoms with E-state index in [1.54, 1.807) is 79.7 Å². The summed E-state index contributed by atoms with van der Waals surface area (Å²) in [5, 5.41) is 25.4. The van der Waals surface area contributed by atoms with Crippen LogP contribution in [0.3, 0.4) is 0 Å². The predicted octanol–water partition coefficient (Wildman–Crippen LogP) is 11.2. The summed E-state index contributed by atoms with van der Waals surface area (Å²) in [5.41, 5.74) is -5.17. The number of halogens is 6. The number of benzene rings is 6. The van der Waals surface area contributed by atoms with Crippen LogP contribution in [0.2, 0.25) is 0 Å². The van der Waals surface area contributed by atoms with Gasteiger partial charge in [0.2, 0.25) is 0 Å². The molecule has 0 unspecified atom stereocenters. The molecular formula is C46H40F6O2. The summed E-state index contributed by atoms with van der Waals surface area (Å²) < 4.78 is 99.5. The molecular weight excluding hydrogens is 698 g/mol. The van der Waals surface area contributed by atoms with Crippen LogP contribution in [-0.2, 0) is 11.2 Å². The summed E-state index contributed by atoms with van der Waals surface area (Å²) >= 11 is 0. The second-order valence-corrected chi connectivity index (χ2v) is 14.7. The van der Waals surface area contributed by atoms with Gasteiger partial charge in [-0.3, -0.25) is 0 Å². The Hall–Kier alpha value is -5.18. The topological polar surface area (TPSA) is 40.5 Å². The smallest absolute Gasteiger partial charge is 0.146 e. The van der Waals surface area contributed by atoms with Crippen LogP contribution in [0.1, 0.15) is 77.9 Å². The van der Waals surface area contributed by atoms with Gasteiger partial charge in [0.05, 0.1) is 22.3 Å². The number of hydrogen-bond donors (Lipinski definition) is 2. The zero-order valence-electron chi connectivity index (χ0n) is 31.2. The Labute approximate surface area is 311 Å². The van der Waals surface area contributed by atoms with Crippen molar-refractivity contribution in [3.05, 3.63) is 198 Å². The van der Waals surface area contributed by atoms with Crippen LogP contribution in [0, 0.1) is 90.3 Å². The minimum atomic E-state index is -2.65. The van der Waals surface area contributed by atoms with Gasteiger partial charge in [0.25, 0.3) is 0 Å². The fourth-order valence-electron chi connectivity index (χ4n) is 7.95. The average Bonchev–Trinajstić information content (AvgIpc) is 3.03. The van der Waals surface area contributed by atoms with Gasteiger partial charge in [0.1, 0.15) is 46.1 Å². The summed E-state index contributed by atoms with van der Waals surface area (Å²) in [5.74, 6) is -10.1. The third kappa shape index (κ3) is 6.52. The summed E-state index contributed by atoms with van der Waals surface area (Å²) in [6, 6.07) is 19.7. The molecule has 2 N–H and O–H groups in total. The first-order valence-corrected chi connectivity index (χ1v) is 17.4. The van der Waals surface area contributed by atoms with Crippen molar-refractivity contribution in [2.24, 2.45) is 0 Å². The summed E-state index contributed by atoms with van der Waals surface area (Å²) in [7, 11) is 0. The van der Waals surface area contributed by atoms with Crippen molar-refractivity contribution in [1.82, 2.24) is 0 Å². The minimum Gasteiger partial charge on any atom is -0.376 e. The Balaban J connectivity index is 1.74. The van der Waals surface area contributed by atoms with Crippen molar-refractivity contribution in [1.29, 1.82) is 0 Å². The van der Waals surface area contributed by atoms with E-state index in [4.69, 9.17) is 0 Å². The lowest BCUT2D eigenvalue weighted by Gasteiger charge is -2.33. The van der Waals surface area contributed by atoms with Crippen molar-refractivity contribution in [2.45, 2.75) is 66.6 Å². The molecule has 0 aromatic heterocycles. The van der Waals surface area contributed by atoms with E-state index in [-0.39, 0.29) is 34.4 Å². The SMILES string of the molecule is Cc1cc(C)cc(C(O)(c2cc(C)cc(C)c2)c2c(F)cc(F)c(-c3c(F)cc(F)c(C(O)(c4cc(C)cc(C)c4)c4cc(C)cc(C)c4)c3F)c2F)c1. The van der Waals surface area contributed by atoms with Crippen LogP contribution >= 0.6 is 0 Å². The van der Waals surface area contributed by atoms with Crippen molar-refractivity contribution >= 4 is 0 Å². The third-order valence-corrected chi connectivity index (χ3v) is 9.87. The van der Waals surface area contributed by atoms with Gasteiger partial charge in [0.15, 0.2) is 0 Å². The molecule has 0 bridgehead atoms. The molecule has 6 aromatic carbocycles. The normalized spacial score (nSPS) is 12.1. The Morgan fingerprint density at radius 2 is 0.519 bits per heavy atom. The maximum atomic E-state index is 17.4. The predicted molar refractivity (Wildman–Crippen MR) is 199 cm³/mol. The highest BCUT2D eigenvalue weighted by Crippen LogP contribution is 2.48. The van der Waals surface area contributed by atoms with Gasteiger partial charge in [-0.25, -0.2) is 26.3 Å². The summed E-state index contributed by atoms with van der Waals surface area (Å²) in [6.07, 6.45) is 0. The fourth-order valence-corrected chi connectivity index (χ4v) is 7.95. The minimum absolute atomic E-state index is 0.0140. The highest BCUT2D eigenvalue weighted by molar-refractivity contribution is 5.71. The molecule has 6 rings (SSSR count). The average molecular weight is 739 g/mol. The van der Waals surface area contributed by atoms with Gasteiger partial charge in [0, 0.05) is 12.1 Å². The van der Waals surface area contributed by atoms with E-state index in [2.05, 4.69) is 0 Å². The monoisotopic (exact) mass is 738 g/mol. The number of hydrogen-bond acceptors (Lipinski definition) is 2. The van der Waals surface area contributed by atoms with E-state index in [9.17, 15) is 10.2 Å². The van der Waals surface area contributed by atoms with Gasteiger partial charge in [-0.15, -0.1) is 0 Å². The molecule has 8 heteroatoms. The van der Waals surface area contributed by atoms with Crippen molar-refractivity contribution in [3.8, 4) is 11.1 Å². The van der Waals surface area contributed by atoms with Crippen molar-refractivity contribution in [3.63, 3.8) is 0 Å². The first-order valence-electron chi connectivity index (χ1n) is 17.4. The Morgan fingerprint density at radius 1 is 0.315 bits per heavy atom. The molecule has 54 heavy (non-hydrogen) atoms. The van der Waals surface area contributed by atoms with Gasteiger partial charge in [-0.2, -0.15) is 0 Å². The third-order valence-electron chi connectivity index (χ3n) is 9.87. The molecule has 0 radical (unpaired) electrons. The first-order chi connectivity index (χ1) is 25.2. The molecule has 0 spiro atoms. The Kier molecular flexibility index (Phi) is 9.93. The zero-order valence-corrected chi connectivity index (χ0v) is 31.2. The van der Waals surface area contributed by atoms with Crippen LogP contribution < -0.4 is 0 Å². The lowest BCUT2D eigenvalue weighted by atomic mass is 9.76. The van der Waals surface area contributed by atoms with Crippen LogP contribution in [0.5, 0.6) is 0 Å². The largest absolute Gasteiger partial charge is 0.376 e. The van der Waals surface area contributed by atoms with E-state index < -0.39 is 68.4 Å². The standard InChI is InChI=1S/C46H40F6O2/c1-23-9-24(2)14-31(13-23)45(53,32-15-25(3)10-26(4)16-32)41-37(49)21-35(47)39(43(41)51)40-36(48)22-38(50)42(44(40)52)46(54,33-17-27(5)11-28(6)18-33)34-19-29(7)12-30(8)20-34/h9-22,53-54H,1-8H3. The van der Waals surface area contributed by atoms with Crippen LogP contribution in [0.15, 0.2) is 84.9 Å². The lowest BCUT2D eigenvalue weighted by Crippen LogP contribution is -2.33. The summed E-state index contributed by atoms with van der Waals surface area (Å²) in [6.45, 7) is 13.8. The molecule has 6 aromatic rings. The molecule has 2 nitrogen and oxygen atoms in total. The molecule has 278 valence electrons. The molecule has 0 amide bonds. The van der Waals surface area contributed by atoms with E-state index >= 15 is 26.3 Å². The van der Waals surface area contributed by atoms with E-state index in [0.29, 0.717) is 44.5 Å². The second-order valence-electron chi connectivity index (χ2n) is 14.7. The number of aliphatic hydroxyl groups is 2.